The van der Waals surface area contributed by atoms with Crippen molar-refractivity contribution in [3.8, 4) is 0 Å². The Labute approximate surface area is 110 Å². The van der Waals surface area contributed by atoms with Gasteiger partial charge in [-0.2, -0.15) is 4.31 Å². The summed E-state index contributed by atoms with van der Waals surface area (Å²) >= 11 is 0. The molecular weight excluding hydrogens is 274 g/mol. The average molecular weight is 287 g/mol. The van der Waals surface area contributed by atoms with Crippen LogP contribution < -0.4 is 0 Å². The van der Waals surface area contributed by atoms with Crippen LogP contribution in [0.2, 0.25) is 0 Å². The highest BCUT2D eigenvalue weighted by molar-refractivity contribution is 7.89. The lowest BCUT2D eigenvalue weighted by molar-refractivity contribution is -0.139. The molecule has 0 amide bonds. The van der Waals surface area contributed by atoms with Crippen LogP contribution in [-0.2, 0) is 19.6 Å². The molecule has 0 spiro atoms. The van der Waals surface area contributed by atoms with Gasteiger partial charge in [0, 0.05) is 0 Å². The molecule has 7 nitrogen and oxygen atoms in total. The summed E-state index contributed by atoms with van der Waals surface area (Å²) in [5.41, 5.74) is 0.673. The standard InChI is InChI=1S/C11H13NO6S/c1-8-3-2-4-9(5-8)19(17,18)12(6-10(13)14)7-11(15)16/h2-5H,6-7H2,1H3,(H,13,14)(H,15,16). The zero-order valence-electron chi connectivity index (χ0n) is 10.1. The van der Waals surface area contributed by atoms with Crippen LogP contribution in [0.4, 0.5) is 0 Å². The Hall–Kier alpha value is -1.93. The van der Waals surface area contributed by atoms with Gasteiger partial charge >= 0.3 is 11.9 Å². The first-order chi connectivity index (χ1) is 8.73. The number of hydrogen-bond donors (Lipinski definition) is 2. The monoisotopic (exact) mass is 287 g/mol. The molecule has 0 aliphatic carbocycles. The fourth-order valence-electron chi connectivity index (χ4n) is 1.45. The third-order valence-corrected chi connectivity index (χ3v) is 4.04. The molecule has 0 bridgehead atoms. The van der Waals surface area contributed by atoms with Gasteiger partial charge < -0.3 is 10.2 Å². The van der Waals surface area contributed by atoms with Crippen molar-refractivity contribution in [2.75, 3.05) is 13.1 Å². The summed E-state index contributed by atoms with van der Waals surface area (Å²) in [5.74, 6) is -2.84. The average Bonchev–Trinajstić information content (AvgIpc) is 2.26. The third kappa shape index (κ3) is 4.04. The van der Waals surface area contributed by atoms with Gasteiger partial charge in [-0.05, 0) is 24.6 Å². The van der Waals surface area contributed by atoms with Gasteiger partial charge in [0.15, 0.2) is 0 Å². The molecule has 2 N–H and O–H groups in total. The van der Waals surface area contributed by atoms with E-state index in [2.05, 4.69) is 0 Å². The fraction of sp³-hybridized carbons (Fsp3) is 0.273. The zero-order chi connectivity index (χ0) is 14.6. The van der Waals surface area contributed by atoms with Crippen LogP contribution in [-0.4, -0.2) is 48.0 Å². The number of rotatable bonds is 6. The zero-order valence-corrected chi connectivity index (χ0v) is 10.9. The third-order valence-electron chi connectivity index (χ3n) is 2.25. The molecule has 0 atom stereocenters. The normalized spacial score (nSPS) is 11.5. The predicted octanol–water partition coefficient (Wildman–Crippen LogP) is 0.155. The Bertz CT molecular complexity index is 579. The minimum Gasteiger partial charge on any atom is -0.480 e. The van der Waals surface area contributed by atoms with E-state index in [0.717, 1.165) is 0 Å². The largest absolute Gasteiger partial charge is 0.480 e. The van der Waals surface area contributed by atoms with E-state index < -0.39 is 35.1 Å². The molecule has 0 saturated heterocycles. The van der Waals surface area contributed by atoms with Crippen molar-refractivity contribution in [1.29, 1.82) is 0 Å². The summed E-state index contributed by atoms with van der Waals surface area (Å²) in [6.07, 6.45) is 0. The minimum atomic E-state index is -4.14. The lowest BCUT2D eigenvalue weighted by Crippen LogP contribution is -2.39. The van der Waals surface area contributed by atoms with Gasteiger partial charge in [0.05, 0.1) is 4.90 Å². The van der Waals surface area contributed by atoms with Gasteiger partial charge in [0.1, 0.15) is 13.1 Å². The highest BCUT2D eigenvalue weighted by Crippen LogP contribution is 2.16. The first-order valence-corrected chi connectivity index (χ1v) is 6.68. The Morgan fingerprint density at radius 3 is 2.11 bits per heavy atom. The maximum absolute atomic E-state index is 12.2. The summed E-state index contributed by atoms with van der Waals surface area (Å²) in [5, 5.41) is 17.3. The molecule has 0 radical (unpaired) electrons. The number of benzene rings is 1. The molecule has 0 unspecified atom stereocenters. The number of carboxylic acids is 2. The van der Waals surface area contributed by atoms with Gasteiger partial charge in [-0.25, -0.2) is 8.42 Å². The molecule has 1 aromatic rings. The van der Waals surface area contributed by atoms with Gasteiger partial charge in [0.25, 0.3) is 0 Å². The van der Waals surface area contributed by atoms with E-state index in [0.29, 0.717) is 9.87 Å². The van der Waals surface area contributed by atoms with Gasteiger partial charge in [-0.1, -0.05) is 12.1 Å². The Kier molecular flexibility index (Phi) is 4.62. The number of aliphatic carboxylic acids is 2. The van der Waals surface area contributed by atoms with Crippen molar-refractivity contribution < 1.29 is 28.2 Å². The molecule has 0 aliphatic rings. The first kappa shape index (κ1) is 15.1. The van der Waals surface area contributed by atoms with Gasteiger partial charge in [-0.15, -0.1) is 0 Å². The topological polar surface area (TPSA) is 112 Å². The number of carboxylic acid groups (broad SMARTS) is 2. The quantitative estimate of drug-likeness (QED) is 0.770. The second kappa shape index (κ2) is 5.81. The van der Waals surface area contributed by atoms with E-state index in [1.165, 1.54) is 18.2 Å². The Morgan fingerprint density at radius 1 is 1.16 bits per heavy atom. The number of sulfonamides is 1. The molecule has 1 rings (SSSR count). The van der Waals surface area contributed by atoms with Crippen molar-refractivity contribution in [3.05, 3.63) is 29.8 Å². The van der Waals surface area contributed by atoms with Crippen LogP contribution in [0.1, 0.15) is 5.56 Å². The molecule has 19 heavy (non-hydrogen) atoms. The summed E-state index contributed by atoms with van der Waals surface area (Å²) in [6, 6.07) is 5.82. The van der Waals surface area contributed by atoms with Crippen LogP contribution in [0.15, 0.2) is 29.2 Å². The summed E-state index contributed by atoms with van der Waals surface area (Å²) in [6.45, 7) is -0.122. The SMILES string of the molecule is Cc1cccc(S(=O)(=O)N(CC(=O)O)CC(=O)O)c1. The summed E-state index contributed by atoms with van der Waals surface area (Å²) < 4.78 is 24.7. The van der Waals surface area contributed by atoms with Crippen LogP contribution in [0.5, 0.6) is 0 Å². The van der Waals surface area contributed by atoms with Gasteiger partial charge in [0.2, 0.25) is 10.0 Å². The van der Waals surface area contributed by atoms with E-state index in [-0.39, 0.29) is 4.90 Å². The molecule has 0 saturated carbocycles. The Morgan fingerprint density at radius 2 is 1.68 bits per heavy atom. The van der Waals surface area contributed by atoms with E-state index in [9.17, 15) is 18.0 Å². The minimum absolute atomic E-state index is 0.130. The second-order valence-electron chi connectivity index (χ2n) is 3.88. The Balaban J connectivity index is 3.18. The molecule has 0 heterocycles. The van der Waals surface area contributed by atoms with E-state index >= 15 is 0 Å². The number of carbonyl (C=O) groups is 2. The van der Waals surface area contributed by atoms with Crippen molar-refractivity contribution in [2.45, 2.75) is 11.8 Å². The second-order valence-corrected chi connectivity index (χ2v) is 5.82. The van der Waals surface area contributed by atoms with Crippen molar-refractivity contribution >= 4 is 22.0 Å². The lowest BCUT2D eigenvalue weighted by atomic mass is 10.2. The smallest absolute Gasteiger partial charge is 0.318 e. The van der Waals surface area contributed by atoms with Crippen LogP contribution in [0.25, 0.3) is 0 Å². The van der Waals surface area contributed by atoms with Gasteiger partial charge in [-0.3, -0.25) is 9.59 Å². The van der Waals surface area contributed by atoms with Crippen molar-refractivity contribution in [3.63, 3.8) is 0 Å². The first-order valence-electron chi connectivity index (χ1n) is 5.24. The molecule has 104 valence electrons. The number of aryl methyl sites for hydroxylation is 1. The maximum Gasteiger partial charge on any atom is 0.318 e. The van der Waals surface area contributed by atoms with E-state index in [1.54, 1.807) is 13.0 Å². The molecule has 0 aromatic heterocycles. The molecule has 1 aromatic carbocycles. The molecule has 8 heteroatoms. The summed E-state index contributed by atoms with van der Waals surface area (Å²) in [7, 11) is -4.14. The highest BCUT2D eigenvalue weighted by atomic mass is 32.2. The van der Waals surface area contributed by atoms with E-state index in [1.807, 2.05) is 0 Å². The fourth-order valence-corrected chi connectivity index (χ4v) is 2.90. The van der Waals surface area contributed by atoms with Crippen LogP contribution in [0.3, 0.4) is 0 Å². The van der Waals surface area contributed by atoms with E-state index in [4.69, 9.17) is 10.2 Å². The molecule has 0 aliphatic heterocycles. The number of hydrogen-bond acceptors (Lipinski definition) is 4. The number of nitrogens with zero attached hydrogens (tertiary/aromatic N) is 1. The highest BCUT2D eigenvalue weighted by Gasteiger charge is 2.28. The predicted molar refractivity (Wildman–Crippen MR) is 65.2 cm³/mol. The van der Waals surface area contributed by atoms with Crippen LogP contribution >= 0.6 is 0 Å². The summed E-state index contributed by atoms with van der Waals surface area (Å²) in [4.78, 5) is 21.1. The van der Waals surface area contributed by atoms with Crippen molar-refractivity contribution in [2.24, 2.45) is 0 Å². The lowest BCUT2D eigenvalue weighted by Gasteiger charge is -2.18. The maximum atomic E-state index is 12.2. The molecule has 0 fully saturated rings. The molecular formula is C11H13NO6S. The van der Waals surface area contributed by atoms with Crippen molar-refractivity contribution in [1.82, 2.24) is 4.31 Å². The van der Waals surface area contributed by atoms with Crippen LogP contribution in [0, 0.1) is 6.92 Å².